The van der Waals surface area contributed by atoms with Gasteiger partial charge in [-0.15, -0.1) is 0 Å². The molecule has 0 aromatic carbocycles. The lowest BCUT2D eigenvalue weighted by molar-refractivity contribution is -0.00461. The predicted octanol–water partition coefficient (Wildman–Crippen LogP) is 1.13. The topological polar surface area (TPSA) is 51.7 Å². The van der Waals surface area contributed by atoms with Gasteiger partial charge in [-0.05, 0) is 19.1 Å². The third kappa shape index (κ3) is 2.37. The van der Waals surface area contributed by atoms with Gasteiger partial charge in [0.1, 0.15) is 18.0 Å². The van der Waals surface area contributed by atoms with Crippen molar-refractivity contribution >= 4 is 11.6 Å². The van der Waals surface area contributed by atoms with E-state index in [0.717, 1.165) is 0 Å². The quantitative estimate of drug-likeness (QED) is 0.750. The van der Waals surface area contributed by atoms with Crippen LogP contribution in [0.3, 0.4) is 0 Å². The number of hydrogen-bond acceptors (Lipinski definition) is 5. The molecule has 5 heteroatoms. The number of aromatic nitrogens is 1. The Kier molecular flexibility index (Phi) is 3.93. The van der Waals surface area contributed by atoms with Crippen LogP contribution in [0, 0.1) is 0 Å². The highest BCUT2D eigenvalue weighted by Crippen LogP contribution is 2.24. The number of ketones is 1. The molecule has 0 bridgehead atoms. The molecule has 0 spiro atoms. The van der Waals surface area contributed by atoms with Crippen molar-refractivity contribution in [3.8, 4) is 0 Å². The van der Waals surface area contributed by atoms with Gasteiger partial charge in [-0.25, -0.2) is 4.98 Å². The van der Waals surface area contributed by atoms with E-state index >= 15 is 0 Å². The molecule has 2 rings (SSSR count). The molecule has 0 radical (unpaired) electrons. The minimum Gasteiger partial charge on any atom is -0.377 e. The van der Waals surface area contributed by atoms with Crippen molar-refractivity contribution in [1.82, 2.24) is 4.98 Å². The van der Waals surface area contributed by atoms with E-state index in [1.54, 1.807) is 39.5 Å². The fraction of sp³-hybridized carbons (Fsp3) is 0.538. The van der Waals surface area contributed by atoms with Gasteiger partial charge in [-0.2, -0.15) is 0 Å². The number of hydrogen-bond donors (Lipinski definition) is 0. The Balaban J connectivity index is 2.26. The highest BCUT2D eigenvalue weighted by Gasteiger charge is 2.34. The second kappa shape index (κ2) is 5.46. The summed E-state index contributed by atoms with van der Waals surface area (Å²) in [6.45, 7) is 2.93. The summed E-state index contributed by atoms with van der Waals surface area (Å²) in [5.41, 5.74) is 0.643. The molecular weight excluding hydrogens is 232 g/mol. The van der Waals surface area contributed by atoms with Crippen molar-refractivity contribution in [3.05, 3.63) is 23.9 Å². The summed E-state index contributed by atoms with van der Waals surface area (Å²) >= 11 is 0. The Bertz CT molecular complexity index is 424. The Morgan fingerprint density at radius 3 is 2.44 bits per heavy atom. The molecule has 1 aliphatic heterocycles. The van der Waals surface area contributed by atoms with Crippen molar-refractivity contribution in [2.24, 2.45) is 0 Å². The van der Waals surface area contributed by atoms with Crippen LogP contribution in [0.5, 0.6) is 0 Å². The van der Waals surface area contributed by atoms with Crippen LogP contribution in [0.4, 0.5) is 5.82 Å². The number of Topliss-reactive ketones (excluding diaryl/α,β-unsaturated/α-hetero) is 1. The predicted molar refractivity (Wildman–Crippen MR) is 68.0 cm³/mol. The SMILES string of the molecule is COC1CN(c2ncccc2C(C)=O)CC1OC. The molecular formula is C13H18N2O3. The number of carbonyl (C=O) groups is 1. The van der Waals surface area contributed by atoms with Gasteiger partial charge in [-0.1, -0.05) is 0 Å². The first-order valence-electron chi connectivity index (χ1n) is 5.94. The highest BCUT2D eigenvalue weighted by atomic mass is 16.5. The van der Waals surface area contributed by atoms with Crippen molar-refractivity contribution in [3.63, 3.8) is 0 Å². The van der Waals surface area contributed by atoms with Gasteiger partial charge in [0.15, 0.2) is 5.78 Å². The van der Waals surface area contributed by atoms with Crippen LogP contribution in [0.2, 0.25) is 0 Å². The van der Waals surface area contributed by atoms with Gasteiger partial charge in [-0.3, -0.25) is 4.79 Å². The lowest BCUT2D eigenvalue weighted by atomic mass is 10.2. The van der Waals surface area contributed by atoms with Crippen LogP contribution in [0.1, 0.15) is 17.3 Å². The average Bonchev–Trinajstić information content (AvgIpc) is 2.81. The third-order valence-corrected chi connectivity index (χ3v) is 3.29. The smallest absolute Gasteiger partial charge is 0.163 e. The molecule has 1 aromatic heterocycles. The summed E-state index contributed by atoms with van der Waals surface area (Å²) in [4.78, 5) is 18.0. The van der Waals surface area contributed by atoms with E-state index in [0.29, 0.717) is 24.5 Å². The number of ether oxygens (including phenoxy) is 2. The Morgan fingerprint density at radius 1 is 1.33 bits per heavy atom. The number of pyridine rings is 1. The molecule has 2 heterocycles. The molecule has 18 heavy (non-hydrogen) atoms. The van der Waals surface area contributed by atoms with Gasteiger partial charge in [0.2, 0.25) is 0 Å². The minimum atomic E-state index is 0.0109. The Labute approximate surface area is 107 Å². The van der Waals surface area contributed by atoms with Crippen molar-refractivity contribution in [2.75, 3.05) is 32.2 Å². The second-order valence-corrected chi connectivity index (χ2v) is 4.38. The zero-order chi connectivity index (χ0) is 13.1. The molecule has 0 N–H and O–H groups in total. The lowest BCUT2D eigenvalue weighted by Crippen LogP contribution is -2.27. The fourth-order valence-corrected chi connectivity index (χ4v) is 2.29. The van der Waals surface area contributed by atoms with Crippen molar-refractivity contribution < 1.29 is 14.3 Å². The first-order chi connectivity index (χ1) is 8.67. The molecule has 5 nitrogen and oxygen atoms in total. The monoisotopic (exact) mass is 250 g/mol. The molecule has 1 aromatic rings. The van der Waals surface area contributed by atoms with Crippen molar-refractivity contribution in [2.45, 2.75) is 19.1 Å². The molecule has 1 fully saturated rings. The van der Waals surface area contributed by atoms with Crippen LogP contribution >= 0.6 is 0 Å². The zero-order valence-corrected chi connectivity index (χ0v) is 10.9. The van der Waals surface area contributed by atoms with E-state index in [4.69, 9.17) is 9.47 Å². The molecule has 1 aliphatic rings. The number of rotatable bonds is 4. The van der Waals surface area contributed by atoms with Crippen LogP contribution in [-0.4, -0.2) is 50.3 Å². The number of carbonyl (C=O) groups excluding carboxylic acids is 1. The van der Waals surface area contributed by atoms with E-state index in [1.165, 1.54) is 0 Å². The van der Waals surface area contributed by atoms with Gasteiger partial charge in [0, 0.05) is 33.5 Å². The maximum Gasteiger partial charge on any atom is 0.163 e. The van der Waals surface area contributed by atoms with Crippen molar-refractivity contribution in [1.29, 1.82) is 0 Å². The summed E-state index contributed by atoms with van der Waals surface area (Å²) < 4.78 is 10.8. The van der Waals surface area contributed by atoms with Gasteiger partial charge >= 0.3 is 0 Å². The molecule has 0 aliphatic carbocycles. The molecule has 2 atom stereocenters. The average molecular weight is 250 g/mol. The molecule has 0 amide bonds. The maximum atomic E-state index is 11.6. The maximum absolute atomic E-state index is 11.6. The normalized spacial score (nSPS) is 23.4. The van der Waals surface area contributed by atoms with Crippen LogP contribution < -0.4 is 4.90 Å². The van der Waals surface area contributed by atoms with E-state index in [1.807, 2.05) is 4.90 Å². The van der Waals surface area contributed by atoms with E-state index in [-0.39, 0.29) is 18.0 Å². The van der Waals surface area contributed by atoms with E-state index in [2.05, 4.69) is 4.98 Å². The summed E-state index contributed by atoms with van der Waals surface area (Å²) in [6, 6.07) is 3.57. The Morgan fingerprint density at radius 2 is 1.94 bits per heavy atom. The lowest BCUT2D eigenvalue weighted by Gasteiger charge is -2.19. The largest absolute Gasteiger partial charge is 0.377 e. The number of nitrogens with zero attached hydrogens (tertiary/aromatic N) is 2. The molecule has 98 valence electrons. The van der Waals surface area contributed by atoms with Gasteiger partial charge in [0.25, 0.3) is 0 Å². The van der Waals surface area contributed by atoms with Crippen LogP contribution in [0.15, 0.2) is 18.3 Å². The Hall–Kier alpha value is -1.46. The number of anilines is 1. The summed E-state index contributed by atoms with van der Waals surface area (Å²) in [6.07, 6.45) is 1.72. The van der Waals surface area contributed by atoms with E-state index < -0.39 is 0 Å². The molecule has 0 saturated carbocycles. The van der Waals surface area contributed by atoms with Gasteiger partial charge in [0.05, 0.1) is 5.56 Å². The molecule has 1 saturated heterocycles. The van der Waals surface area contributed by atoms with Crippen LogP contribution in [-0.2, 0) is 9.47 Å². The molecule has 2 unspecified atom stereocenters. The second-order valence-electron chi connectivity index (χ2n) is 4.38. The highest BCUT2D eigenvalue weighted by molar-refractivity contribution is 5.98. The first-order valence-corrected chi connectivity index (χ1v) is 5.94. The minimum absolute atomic E-state index is 0.0109. The number of methoxy groups -OCH3 is 2. The van der Waals surface area contributed by atoms with Crippen LogP contribution in [0.25, 0.3) is 0 Å². The summed E-state index contributed by atoms with van der Waals surface area (Å²) in [5, 5.41) is 0. The standard InChI is InChI=1S/C13H18N2O3/c1-9(16)10-5-4-6-14-13(10)15-7-11(17-2)12(8-15)18-3/h4-6,11-12H,7-8H2,1-3H3. The summed E-state index contributed by atoms with van der Waals surface area (Å²) in [5.74, 6) is 0.736. The fourth-order valence-electron chi connectivity index (χ4n) is 2.29. The van der Waals surface area contributed by atoms with Gasteiger partial charge < -0.3 is 14.4 Å². The van der Waals surface area contributed by atoms with E-state index in [9.17, 15) is 4.79 Å². The first kappa shape index (κ1) is 13.0. The zero-order valence-electron chi connectivity index (χ0n) is 10.9. The third-order valence-electron chi connectivity index (χ3n) is 3.29. The summed E-state index contributed by atoms with van der Waals surface area (Å²) in [7, 11) is 3.34.